The van der Waals surface area contributed by atoms with Crippen LogP contribution in [0, 0.1) is 17.3 Å². The molecule has 6 heteroatoms. The molecule has 1 N–H and O–H groups in total. The average Bonchev–Trinajstić information content (AvgIpc) is 3.01. The van der Waals surface area contributed by atoms with Crippen molar-refractivity contribution in [2.24, 2.45) is 17.3 Å². The molecule has 19 heavy (non-hydrogen) atoms. The highest BCUT2D eigenvalue weighted by molar-refractivity contribution is 5.88. The predicted molar refractivity (Wildman–Crippen MR) is 60.0 cm³/mol. The van der Waals surface area contributed by atoms with Gasteiger partial charge in [-0.3, -0.25) is 9.59 Å². The first-order chi connectivity index (χ1) is 9.08. The summed E-state index contributed by atoms with van der Waals surface area (Å²) in [4.78, 5) is 23.9. The first-order valence-electron chi connectivity index (χ1n) is 6.80. The second-order valence-corrected chi connectivity index (χ2v) is 6.01. The number of ether oxygens (including phenoxy) is 3. The van der Waals surface area contributed by atoms with Crippen LogP contribution in [0.5, 0.6) is 0 Å². The number of fused-ring (bicyclic) bond motifs is 2. The molecular formula is C13H16O6. The van der Waals surface area contributed by atoms with Crippen LogP contribution < -0.4 is 0 Å². The number of aliphatic carboxylic acids is 1. The molecule has 0 aromatic heterocycles. The van der Waals surface area contributed by atoms with Crippen LogP contribution in [0.3, 0.4) is 0 Å². The zero-order chi connectivity index (χ0) is 13.3. The Bertz CT molecular complexity index is 454. The van der Waals surface area contributed by atoms with Crippen molar-refractivity contribution in [2.45, 2.75) is 37.6 Å². The molecule has 2 aliphatic heterocycles. The molecule has 2 spiro atoms. The van der Waals surface area contributed by atoms with Crippen LogP contribution in [0.25, 0.3) is 0 Å². The van der Waals surface area contributed by atoms with E-state index >= 15 is 0 Å². The second kappa shape index (κ2) is 3.49. The van der Waals surface area contributed by atoms with Crippen LogP contribution in [-0.4, -0.2) is 42.1 Å². The number of carboxylic acid groups (broad SMARTS) is 1. The number of esters is 1. The molecule has 4 rings (SSSR count). The maximum absolute atomic E-state index is 12.3. The van der Waals surface area contributed by atoms with E-state index in [0.717, 1.165) is 12.8 Å². The van der Waals surface area contributed by atoms with E-state index in [1.54, 1.807) is 0 Å². The van der Waals surface area contributed by atoms with Crippen LogP contribution in [0.4, 0.5) is 0 Å². The third-order valence-electron chi connectivity index (χ3n) is 5.33. The van der Waals surface area contributed by atoms with Gasteiger partial charge in [0, 0.05) is 18.8 Å². The summed E-state index contributed by atoms with van der Waals surface area (Å²) in [7, 11) is 0. The maximum atomic E-state index is 12.3. The van der Waals surface area contributed by atoms with Crippen molar-refractivity contribution in [3.8, 4) is 0 Å². The quantitative estimate of drug-likeness (QED) is 0.699. The number of hydrogen-bond donors (Lipinski definition) is 1. The molecule has 0 amide bonds. The van der Waals surface area contributed by atoms with Gasteiger partial charge in [0.15, 0.2) is 5.79 Å². The largest absolute Gasteiger partial charge is 0.481 e. The summed E-state index contributed by atoms with van der Waals surface area (Å²) in [5.41, 5.74) is -0.931. The minimum absolute atomic E-state index is 0.123. The average molecular weight is 268 g/mol. The van der Waals surface area contributed by atoms with Crippen molar-refractivity contribution in [1.29, 1.82) is 0 Å². The van der Waals surface area contributed by atoms with Crippen LogP contribution >= 0.6 is 0 Å². The smallest absolute Gasteiger partial charge is 0.313 e. The van der Waals surface area contributed by atoms with Gasteiger partial charge in [0.1, 0.15) is 6.10 Å². The molecule has 2 saturated heterocycles. The van der Waals surface area contributed by atoms with Gasteiger partial charge in [0.05, 0.1) is 24.5 Å². The van der Waals surface area contributed by atoms with Crippen molar-refractivity contribution in [3.63, 3.8) is 0 Å². The lowest BCUT2D eigenvalue weighted by atomic mass is 9.64. The van der Waals surface area contributed by atoms with E-state index in [4.69, 9.17) is 14.2 Å². The van der Waals surface area contributed by atoms with Gasteiger partial charge in [-0.1, -0.05) is 0 Å². The van der Waals surface area contributed by atoms with Crippen molar-refractivity contribution in [1.82, 2.24) is 0 Å². The van der Waals surface area contributed by atoms with E-state index in [1.807, 2.05) is 0 Å². The van der Waals surface area contributed by atoms with Gasteiger partial charge in [-0.15, -0.1) is 0 Å². The Balaban J connectivity index is 1.84. The highest BCUT2D eigenvalue weighted by Gasteiger charge is 2.74. The van der Waals surface area contributed by atoms with Gasteiger partial charge in [0.25, 0.3) is 0 Å². The van der Waals surface area contributed by atoms with Gasteiger partial charge in [-0.2, -0.15) is 0 Å². The zero-order valence-corrected chi connectivity index (χ0v) is 10.5. The van der Waals surface area contributed by atoms with Crippen molar-refractivity contribution < 1.29 is 28.9 Å². The normalized spacial score (nSPS) is 46.3. The van der Waals surface area contributed by atoms with Crippen LogP contribution in [-0.2, 0) is 23.8 Å². The first-order valence-corrected chi connectivity index (χ1v) is 6.80. The topological polar surface area (TPSA) is 82.1 Å². The lowest BCUT2D eigenvalue weighted by Gasteiger charge is -2.38. The lowest BCUT2D eigenvalue weighted by Crippen LogP contribution is -2.46. The standard InChI is InChI=1S/C13H16O6/c14-10(15)8-6-13(17-3-4-18-13)9-2-1-7-5-12(8,9)11(16)19-7/h7-9H,1-6H2,(H,14,15)/t7-,8+,9+,12+/m0/s1. The van der Waals surface area contributed by atoms with Gasteiger partial charge < -0.3 is 19.3 Å². The molecule has 0 aromatic carbocycles. The van der Waals surface area contributed by atoms with E-state index in [9.17, 15) is 14.7 Å². The fourth-order valence-corrected chi connectivity index (χ4v) is 4.66. The van der Waals surface area contributed by atoms with E-state index in [-0.39, 0.29) is 24.4 Å². The Morgan fingerprint density at radius 2 is 1.95 bits per heavy atom. The Morgan fingerprint density at radius 3 is 2.63 bits per heavy atom. The summed E-state index contributed by atoms with van der Waals surface area (Å²) < 4.78 is 16.9. The summed E-state index contributed by atoms with van der Waals surface area (Å²) >= 11 is 0. The van der Waals surface area contributed by atoms with E-state index in [1.165, 1.54) is 0 Å². The van der Waals surface area contributed by atoms with Crippen LogP contribution in [0.2, 0.25) is 0 Å². The fourth-order valence-electron chi connectivity index (χ4n) is 4.66. The molecule has 104 valence electrons. The highest BCUT2D eigenvalue weighted by Crippen LogP contribution is 2.65. The Labute approximate surface area is 110 Å². The molecular weight excluding hydrogens is 252 g/mol. The SMILES string of the molecule is O=C(O)[C@H]1CC2(OCCO2)[C@@H]2CC[C@H]3C[C@@]12C(=O)O3. The van der Waals surface area contributed by atoms with Gasteiger partial charge in [-0.25, -0.2) is 0 Å². The highest BCUT2D eigenvalue weighted by atomic mass is 16.7. The minimum Gasteiger partial charge on any atom is -0.481 e. The maximum Gasteiger partial charge on any atom is 0.313 e. The Morgan fingerprint density at radius 1 is 1.21 bits per heavy atom. The van der Waals surface area contributed by atoms with Gasteiger partial charge >= 0.3 is 11.9 Å². The summed E-state index contributed by atoms with van der Waals surface area (Å²) in [6, 6.07) is 0. The minimum atomic E-state index is -0.944. The lowest BCUT2D eigenvalue weighted by molar-refractivity contribution is -0.198. The molecule has 4 atom stereocenters. The summed E-state index contributed by atoms with van der Waals surface area (Å²) in [5, 5.41) is 9.51. The number of carbonyl (C=O) groups excluding carboxylic acids is 1. The zero-order valence-electron chi connectivity index (χ0n) is 10.5. The third-order valence-corrected chi connectivity index (χ3v) is 5.33. The number of carboxylic acids is 1. The van der Waals surface area contributed by atoms with E-state index in [2.05, 4.69) is 0 Å². The Kier molecular flexibility index (Phi) is 2.14. The molecule has 2 aliphatic carbocycles. The van der Waals surface area contributed by atoms with Gasteiger partial charge in [-0.05, 0) is 12.8 Å². The van der Waals surface area contributed by atoms with Crippen LogP contribution in [0.15, 0.2) is 0 Å². The van der Waals surface area contributed by atoms with E-state index in [0.29, 0.717) is 19.6 Å². The molecule has 4 aliphatic rings. The van der Waals surface area contributed by atoms with Crippen molar-refractivity contribution in [2.75, 3.05) is 13.2 Å². The monoisotopic (exact) mass is 268 g/mol. The summed E-state index contributed by atoms with van der Waals surface area (Å²) in [6.07, 6.45) is 2.15. The fraction of sp³-hybridized carbons (Fsp3) is 0.846. The van der Waals surface area contributed by atoms with Crippen LogP contribution in [0.1, 0.15) is 25.7 Å². The molecule has 0 unspecified atom stereocenters. The predicted octanol–water partition coefficient (Wildman–Crippen LogP) is 0.546. The molecule has 0 radical (unpaired) electrons. The van der Waals surface area contributed by atoms with Crippen molar-refractivity contribution in [3.05, 3.63) is 0 Å². The molecule has 2 bridgehead atoms. The molecule has 6 nitrogen and oxygen atoms in total. The Hall–Kier alpha value is -1.14. The number of hydrogen-bond acceptors (Lipinski definition) is 5. The molecule has 2 heterocycles. The second-order valence-electron chi connectivity index (χ2n) is 6.01. The summed E-state index contributed by atoms with van der Waals surface area (Å²) in [5.74, 6) is -3.12. The first kappa shape index (κ1) is 11.7. The molecule has 2 saturated carbocycles. The third kappa shape index (κ3) is 1.24. The number of rotatable bonds is 1. The van der Waals surface area contributed by atoms with Gasteiger partial charge in [0.2, 0.25) is 0 Å². The number of carbonyl (C=O) groups is 2. The molecule has 4 fully saturated rings. The summed E-state index contributed by atoms with van der Waals surface area (Å²) in [6.45, 7) is 0.939. The molecule has 0 aromatic rings. The van der Waals surface area contributed by atoms with Crippen molar-refractivity contribution >= 4 is 11.9 Å². The van der Waals surface area contributed by atoms with E-state index < -0.39 is 23.1 Å².